The van der Waals surface area contributed by atoms with Crippen LogP contribution in [0.5, 0.6) is 0 Å². The van der Waals surface area contributed by atoms with Crippen LogP contribution < -0.4 is 10.4 Å². The Bertz CT molecular complexity index is 1310. The zero-order valence-electron chi connectivity index (χ0n) is 18.3. The van der Waals surface area contributed by atoms with Crippen molar-refractivity contribution in [3.8, 4) is 0 Å². The zero-order chi connectivity index (χ0) is 21.7. The molecule has 5 heteroatoms. The third-order valence-corrected chi connectivity index (χ3v) is 6.18. The highest BCUT2D eigenvalue weighted by atomic mass is 16.5. The number of hydrogen-bond acceptors (Lipinski definition) is 4. The quantitative estimate of drug-likeness (QED) is 0.777. The summed E-state index contributed by atoms with van der Waals surface area (Å²) < 4.78 is 0. The Morgan fingerprint density at radius 1 is 1.10 bits per heavy atom. The van der Waals surface area contributed by atoms with Gasteiger partial charge in [-0.25, -0.2) is 15.0 Å². The fourth-order valence-corrected chi connectivity index (χ4v) is 4.75. The molecular formula is C26H26N4O. The van der Waals surface area contributed by atoms with Crippen LogP contribution in [0, 0.1) is 20.8 Å². The number of fused-ring (bicyclic) bond motifs is 3. The lowest BCUT2D eigenvalue weighted by Crippen LogP contribution is -2.44. The second kappa shape index (κ2) is 7.36. The number of amidine groups is 1. The first kappa shape index (κ1) is 19.5. The minimum Gasteiger partial charge on any atom is -0.288 e. The van der Waals surface area contributed by atoms with E-state index >= 15 is 0 Å². The molecule has 2 aliphatic heterocycles. The van der Waals surface area contributed by atoms with Crippen LogP contribution in [-0.4, -0.2) is 33.4 Å². The Kier molecular flexibility index (Phi) is 4.63. The second-order valence-electron chi connectivity index (χ2n) is 8.40. The average Bonchev–Trinajstić information content (AvgIpc) is 2.85. The van der Waals surface area contributed by atoms with Crippen LogP contribution in [0.15, 0.2) is 69.9 Å². The summed E-state index contributed by atoms with van der Waals surface area (Å²) >= 11 is 0. The lowest BCUT2D eigenvalue weighted by molar-refractivity contribution is -0.0417. The maximum absolute atomic E-state index is 11.4. The third-order valence-electron chi connectivity index (χ3n) is 6.18. The summed E-state index contributed by atoms with van der Waals surface area (Å²) in [6.45, 7) is 8.25. The Hall–Kier alpha value is -3.44. The Morgan fingerprint density at radius 3 is 2.61 bits per heavy atom. The molecule has 2 aromatic carbocycles. The maximum Gasteiger partial charge on any atom is 0.140 e. The van der Waals surface area contributed by atoms with Gasteiger partial charge in [-0.15, -0.1) is 0 Å². The second-order valence-corrected chi connectivity index (χ2v) is 8.40. The number of hydroxylamine groups is 2. The van der Waals surface area contributed by atoms with Crippen molar-refractivity contribution in [3.05, 3.63) is 87.1 Å². The van der Waals surface area contributed by atoms with Crippen molar-refractivity contribution in [1.82, 2.24) is 9.96 Å². The summed E-state index contributed by atoms with van der Waals surface area (Å²) in [4.78, 5) is 11.5. The molecule has 5 rings (SSSR count). The smallest absolute Gasteiger partial charge is 0.140 e. The van der Waals surface area contributed by atoms with E-state index in [1.54, 1.807) is 12.5 Å². The highest BCUT2D eigenvalue weighted by molar-refractivity contribution is 6.02. The molecule has 1 unspecified atom stereocenters. The van der Waals surface area contributed by atoms with Crippen LogP contribution in [0.1, 0.15) is 30.0 Å². The van der Waals surface area contributed by atoms with Gasteiger partial charge in [0.2, 0.25) is 0 Å². The fraction of sp³-hybridized carbons (Fsp3) is 0.231. The molecule has 156 valence electrons. The van der Waals surface area contributed by atoms with Gasteiger partial charge in [0, 0.05) is 17.0 Å². The van der Waals surface area contributed by atoms with Crippen LogP contribution in [0.4, 0.5) is 5.69 Å². The molecule has 31 heavy (non-hydrogen) atoms. The van der Waals surface area contributed by atoms with Gasteiger partial charge in [0.1, 0.15) is 18.2 Å². The Labute approximate surface area is 182 Å². The molecule has 0 aromatic heterocycles. The Balaban J connectivity index is 1.79. The van der Waals surface area contributed by atoms with E-state index in [1.165, 1.54) is 10.6 Å². The lowest BCUT2D eigenvalue weighted by Gasteiger charge is -2.29. The van der Waals surface area contributed by atoms with Crippen molar-refractivity contribution in [2.24, 2.45) is 9.98 Å². The highest BCUT2D eigenvalue weighted by Gasteiger charge is 2.35. The van der Waals surface area contributed by atoms with Gasteiger partial charge in [-0.1, -0.05) is 48.0 Å². The van der Waals surface area contributed by atoms with Gasteiger partial charge in [-0.2, -0.15) is 0 Å². The summed E-state index contributed by atoms with van der Waals surface area (Å²) in [6.07, 6.45) is 8.56. The van der Waals surface area contributed by atoms with E-state index in [-0.39, 0.29) is 6.04 Å². The predicted molar refractivity (Wildman–Crippen MR) is 126 cm³/mol. The molecule has 0 saturated heterocycles. The molecule has 1 atom stereocenters. The maximum atomic E-state index is 11.4. The SMILES string of the molecule is Cc1cc(C)c(N=C2C(C)N(O)C3=c4ccccc4=CCC3=C3C=CN=CN23)c(C)c1. The molecule has 0 saturated carbocycles. The number of rotatable bonds is 1. The number of aryl methyl sites for hydroxylation is 3. The monoisotopic (exact) mass is 410 g/mol. The van der Waals surface area contributed by atoms with Crippen LogP contribution in [0.25, 0.3) is 11.8 Å². The highest BCUT2D eigenvalue weighted by Crippen LogP contribution is 2.35. The number of nitrogens with zero attached hydrogens (tertiary/aromatic N) is 4. The molecule has 5 nitrogen and oxygen atoms in total. The first-order valence-electron chi connectivity index (χ1n) is 10.6. The van der Waals surface area contributed by atoms with E-state index in [1.807, 2.05) is 30.0 Å². The molecule has 0 spiro atoms. The van der Waals surface area contributed by atoms with E-state index in [0.717, 1.165) is 56.5 Å². The van der Waals surface area contributed by atoms with Gasteiger partial charge in [0.15, 0.2) is 0 Å². The van der Waals surface area contributed by atoms with E-state index in [4.69, 9.17) is 4.99 Å². The average molecular weight is 411 g/mol. The zero-order valence-corrected chi connectivity index (χ0v) is 18.3. The number of aliphatic imine (C=N–C) groups is 2. The van der Waals surface area contributed by atoms with Crippen molar-refractivity contribution in [1.29, 1.82) is 0 Å². The van der Waals surface area contributed by atoms with Crippen LogP contribution in [0.2, 0.25) is 0 Å². The summed E-state index contributed by atoms with van der Waals surface area (Å²) in [5.74, 6) is 0.743. The van der Waals surface area contributed by atoms with Crippen LogP contribution in [-0.2, 0) is 0 Å². The van der Waals surface area contributed by atoms with Gasteiger partial charge >= 0.3 is 0 Å². The van der Waals surface area contributed by atoms with Crippen molar-refractivity contribution < 1.29 is 5.21 Å². The fourth-order valence-electron chi connectivity index (χ4n) is 4.75. The molecule has 1 aliphatic carbocycles. The summed E-state index contributed by atoms with van der Waals surface area (Å²) in [6, 6.07) is 12.1. The van der Waals surface area contributed by atoms with E-state index < -0.39 is 0 Å². The number of benzene rings is 2. The number of allylic oxidation sites excluding steroid dienone is 1. The third kappa shape index (κ3) is 3.13. The van der Waals surface area contributed by atoms with E-state index in [0.29, 0.717) is 0 Å². The van der Waals surface area contributed by atoms with Crippen LogP contribution >= 0.6 is 0 Å². The van der Waals surface area contributed by atoms with Gasteiger partial charge in [-0.05, 0) is 56.5 Å². The first-order chi connectivity index (χ1) is 15.0. The van der Waals surface area contributed by atoms with E-state index in [9.17, 15) is 5.21 Å². The molecule has 0 radical (unpaired) electrons. The number of hydrogen-bond donors (Lipinski definition) is 1. The van der Waals surface area contributed by atoms with Gasteiger partial charge in [0.05, 0.1) is 17.1 Å². The molecule has 2 aromatic rings. The first-order valence-corrected chi connectivity index (χ1v) is 10.6. The van der Waals surface area contributed by atoms with Crippen molar-refractivity contribution >= 4 is 29.6 Å². The van der Waals surface area contributed by atoms with Crippen LogP contribution in [0.3, 0.4) is 0 Å². The molecule has 3 aliphatic rings. The van der Waals surface area contributed by atoms with Gasteiger partial charge < -0.3 is 0 Å². The minimum absolute atomic E-state index is 0.369. The van der Waals surface area contributed by atoms with E-state index in [2.05, 4.69) is 56.1 Å². The standard InChI is InChI=1S/C26H26N4O/c1-16-13-17(2)24(18(3)14-16)28-26-19(4)30(31)25-21-8-6-5-7-20(21)9-10-22(25)23-11-12-27-15-29(23)26/h5-9,11-15,19,31H,10H2,1-4H3. The van der Waals surface area contributed by atoms with Gasteiger partial charge in [0.25, 0.3) is 0 Å². The topological polar surface area (TPSA) is 51.4 Å². The summed E-state index contributed by atoms with van der Waals surface area (Å²) in [7, 11) is 0. The summed E-state index contributed by atoms with van der Waals surface area (Å²) in [5, 5.41) is 15.0. The predicted octanol–water partition coefficient (Wildman–Crippen LogP) is 3.84. The van der Waals surface area contributed by atoms with Gasteiger partial charge in [-0.3, -0.25) is 10.1 Å². The molecule has 2 heterocycles. The molecule has 0 bridgehead atoms. The van der Waals surface area contributed by atoms with Crippen molar-refractivity contribution in [2.75, 3.05) is 0 Å². The molecule has 0 amide bonds. The normalized spacial score (nSPS) is 21.0. The van der Waals surface area contributed by atoms with Crippen molar-refractivity contribution in [3.63, 3.8) is 0 Å². The minimum atomic E-state index is -0.369. The largest absolute Gasteiger partial charge is 0.288 e. The summed E-state index contributed by atoms with van der Waals surface area (Å²) in [5.41, 5.74) is 7.30. The molecule has 0 fully saturated rings. The Morgan fingerprint density at radius 2 is 1.84 bits per heavy atom. The molecule has 1 N–H and O–H groups in total. The molecular weight excluding hydrogens is 384 g/mol. The van der Waals surface area contributed by atoms with Crippen molar-refractivity contribution in [2.45, 2.75) is 40.2 Å². The lowest BCUT2D eigenvalue weighted by atomic mass is 9.96.